The number of nitrogens with two attached hydrogens (primary N) is 1. The largest absolute Gasteiger partial charge is 0.399 e. The van der Waals surface area contributed by atoms with Crippen molar-refractivity contribution in [2.45, 2.75) is 13.3 Å². The number of carbonyl (C=O) groups is 2. The Hall–Kier alpha value is -3.60. The summed E-state index contributed by atoms with van der Waals surface area (Å²) >= 11 is 0. The Balaban J connectivity index is 1.87. The third kappa shape index (κ3) is 4.33. The fourth-order valence-corrected chi connectivity index (χ4v) is 2.69. The Morgan fingerprint density at radius 1 is 0.852 bits per heavy atom. The Labute approximate surface area is 158 Å². The highest BCUT2D eigenvalue weighted by Gasteiger charge is 2.25. The van der Waals surface area contributed by atoms with Gasteiger partial charge in [0.15, 0.2) is 0 Å². The van der Waals surface area contributed by atoms with Crippen LogP contribution in [-0.4, -0.2) is 11.8 Å². The van der Waals surface area contributed by atoms with Crippen molar-refractivity contribution in [1.29, 1.82) is 0 Å². The maximum absolute atomic E-state index is 12.9. The fraction of sp³-hybridized carbons (Fsp3) is 0.0909. The number of carbonyl (C=O) groups excluding carboxylic acids is 2. The topological polar surface area (TPSA) is 75.4 Å². The van der Waals surface area contributed by atoms with Crippen LogP contribution in [0.15, 0.2) is 78.9 Å². The number of rotatable bonds is 4. The summed E-state index contributed by atoms with van der Waals surface area (Å²) in [5.74, 6) is -1.38. The summed E-state index contributed by atoms with van der Waals surface area (Å²) in [6.07, 6.45) is 0.909. The SMILES string of the molecule is CCc1ccc(NC(=O)C(=O)N(c2ccccc2)c2ccc(N)cc2)cc1. The molecule has 0 saturated carbocycles. The summed E-state index contributed by atoms with van der Waals surface area (Å²) in [5, 5.41) is 2.67. The molecule has 0 spiro atoms. The fourth-order valence-electron chi connectivity index (χ4n) is 2.69. The van der Waals surface area contributed by atoms with E-state index in [1.165, 1.54) is 4.90 Å². The maximum atomic E-state index is 12.9. The lowest BCUT2D eigenvalue weighted by Gasteiger charge is -2.22. The first-order valence-corrected chi connectivity index (χ1v) is 8.73. The van der Waals surface area contributed by atoms with E-state index in [1.54, 1.807) is 48.5 Å². The van der Waals surface area contributed by atoms with Crippen LogP contribution < -0.4 is 16.0 Å². The molecule has 5 heteroatoms. The van der Waals surface area contributed by atoms with Gasteiger partial charge in [-0.15, -0.1) is 0 Å². The van der Waals surface area contributed by atoms with Crippen molar-refractivity contribution in [3.05, 3.63) is 84.4 Å². The molecule has 0 radical (unpaired) electrons. The lowest BCUT2D eigenvalue weighted by molar-refractivity contribution is -0.134. The molecule has 0 saturated heterocycles. The zero-order chi connectivity index (χ0) is 19.2. The average Bonchev–Trinajstić information content (AvgIpc) is 2.71. The number of benzene rings is 3. The molecular formula is C22H21N3O2. The number of aryl methyl sites for hydroxylation is 1. The highest BCUT2D eigenvalue weighted by molar-refractivity contribution is 6.45. The van der Waals surface area contributed by atoms with Crippen molar-refractivity contribution in [2.24, 2.45) is 0 Å². The summed E-state index contributed by atoms with van der Waals surface area (Å²) in [6.45, 7) is 2.06. The molecule has 136 valence electrons. The van der Waals surface area contributed by atoms with Crippen molar-refractivity contribution in [1.82, 2.24) is 0 Å². The Bertz CT molecular complexity index is 920. The summed E-state index contributed by atoms with van der Waals surface area (Å²) in [5.41, 5.74) is 9.23. The Morgan fingerprint density at radius 2 is 1.44 bits per heavy atom. The van der Waals surface area contributed by atoms with Crippen molar-refractivity contribution in [3.63, 3.8) is 0 Å². The third-order valence-electron chi connectivity index (χ3n) is 4.18. The maximum Gasteiger partial charge on any atom is 0.321 e. The van der Waals surface area contributed by atoms with E-state index in [2.05, 4.69) is 12.2 Å². The van der Waals surface area contributed by atoms with E-state index in [9.17, 15) is 9.59 Å². The highest BCUT2D eigenvalue weighted by atomic mass is 16.2. The van der Waals surface area contributed by atoms with Gasteiger partial charge >= 0.3 is 11.8 Å². The zero-order valence-electron chi connectivity index (χ0n) is 15.1. The molecule has 3 aromatic rings. The molecule has 2 amide bonds. The van der Waals surface area contributed by atoms with Gasteiger partial charge in [-0.3, -0.25) is 14.5 Å². The van der Waals surface area contributed by atoms with E-state index in [0.717, 1.165) is 12.0 Å². The van der Waals surface area contributed by atoms with Gasteiger partial charge < -0.3 is 11.1 Å². The highest BCUT2D eigenvalue weighted by Crippen LogP contribution is 2.26. The van der Waals surface area contributed by atoms with E-state index in [1.807, 2.05) is 30.3 Å². The van der Waals surface area contributed by atoms with Crippen LogP contribution in [0.4, 0.5) is 22.7 Å². The smallest absolute Gasteiger partial charge is 0.321 e. The summed E-state index contributed by atoms with van der Waals surface area (Å²) in [4.78, 5) is 26.9. The van der Waals surface area contributed by atoms with E-state index in [4.69, 9.17) is 5.73 Å². The molecule has 0 fully saturated rings. The Morgan fingerprint density at radius 3 is 2.04 bits per heavy atom. The molecule has 27 heavy (non-hydrogen) atoms. The van der Waals surface area contributed by atoms with Gasteiger partial charge in [0.05, 0.1) is 0 Å². The number of anilines is 4. The van der Waals surface area contributed by atoms with Crippen LogP contribution in [0.3, 0.4) is 0 Å². The summed E-state index contributed by atoms with van der Waals surface area (Å²) in [6, 6.07) is 23.3. The molecule has 3 aromatic carbocycles. The number of nitrogen functional groups attached to an aromatic ring is 1. The molecule has 0 aliphatic carbocycles. The van der Waals surface area contributed by atoms with Crippen molar-refractivity contribution in [2.75, 3.05) is 16.0 Å². The van der Waals surface area contributed by atoms with Crippen LogP contribution in [-0.2, 0) is 16.0 Å². The normalized spacial score (nSPS) is 10.3. The van der Waals surface area contributed by atoms with Gasteiger partial charge in [-0.25, -0.2) is 0 Å². The molecule has 0 heterocycles. The third-order valence-corrected chi connectivity index (χ3v) is 4.18. The predicted octanol–water partition coefficient (Wildman–Crippen LogP) is 4.13. The number of amides is 2. The monoisotopic (exact) mass is 359 g/mol. The summed E-state index contributed by atoms with van der Waals surface area (Å²) < 4.78 is 0. The van der Waals surface area contributed by atoms with Crippen molar-refractivity contribution in [3.8, 4) is 0 Å². The van der Waals surface area contributed by atoms with Crippen LogP contribution in [0, 0.1) is 0 Å². The molecule has 0 aliphatic heterocycles. The number of hydrogen-bond acceptors (Lipinski definition) is 3. The van der Waals surface area contributed by atoms with Crippen molar-refractivity contribution < 1.29 is 9.59 Å². The number of nitrogens with zero attached hydrogens (tertiary/aromatic N) is 1. The first-order valence-electron chi connectivity index (χ1n) is 8.73. The Kier molecular flexibility index (Phi) is 5.52. The van der Waals surface area contributed by atoms with Gasteiger partial charge in [-0.2, -0.15) is 0 Å². The second kappa shape index (κ2) is 8.19. The molecular weight excluding hydrogens is 338 g/mol. The molecule has 5 nitrogen and oxygen atoms in total. The first kappa shape index (κ1) is 18.2. The number of para-hydroxylation sites is 1. The van der Waals surface area contributed by atoms with Crippen molar-refractivity contribution >= 4 is 34.6 Å². The summed E-state index contributed by atoms with van der Waals surface area (Å²) in [7, 11) is 0. The van der Waals surface area contributed by atoms with Gasteiger partial charge in [0.25, 0.3) is 0 Å². The average molecular weight is 359 g/mol. The predicted molar refractivity (Wildman–Crippen MR) is 109 cm³/mol. The number of nitrogens with one attached hydrogen (secondary N) is 1. The van der Waals surface area contributed by atoms with Gasteiger partial charge in [0.2, 0.25) is 0 Å². The van der Waals surface area contributed by atoms with Crippen LogP contribution in [0.1, 0.15) is 12.5 Å². The van der Waals surface area contributed by atoms with E-state index in [0.29, 0.717) is 22.7 Å². The van der Waals surface area contributed by atoms with Gasteiger partial charge in [0.1, 0.15) is 0 Å². The van der Waals surface area contributed by atoms with Crippen LogP contribution in [0.25, 0.3) is 0 Å². The molecule has 0 aliphatic rings. The minimum absolute atomic E-state index is 0.567. The lowest BCUT2D eigenvalue weighted by atomic mass is 10.1. The van der Waals surface area contributed by atoms with Crippen LogP contribution in [0.2, 0.25) is 0 Å². The molecule has 0 aromatic heterocycles. The van der Waals surface area contributed by atoms with Gasteiger partial charge in [-0.05, 0) is 60.5 Å². The van der Waals surface area contributed by atoms with Gasteiger partial charge in [-0.1, -0.05) is 37.3 Å². The van der Waals surface area contributed by atoms with Crippen LogP contribution >= 0.6 is 0 Å². The van der Waals surface area contributed by atoms with E-state index >= 15 is 0 Å². The zero-order valence-corrected chi connectivity index (χ0v) is 15.1. The van der Waals surface area contributed by atoms with E-state index in [-0.39, 0.29) is 0 Å². The quantitative estimate of drug-likeness (QED) is 0.543. The minimum atomic E-state index is -0.708. The standard InChI is InChI=1S/C22H21N3O2/c1-2-16-8-12-18(13-9-16)24-21(26)22(27)25(19-6-4-3-5-7-19)20-14-10-17(23)11-15-20/h3-15H,2,23H2,1H3,(H,24,26). The minimum Gasteiger partial charge on any atom is -0.399 e. The molecule has 3 N–H and O–H groups in total. The lowest BCUT2D eigenvalue weighted by Crippen LogP contribution is -2.36. The molecule has 3 rings (SSSR count). The van der Waals surface area contributed by atoms with E-state index < -0.39 is 11.8 Å². The second-order valence-corrected chi connectivity index (χ2v) is 6.07. The molecule has 0 bridgehead atoms. The second-order valence-electron chi connectivity index (χ2n) is 6.07. The van der Waals surface area contributed by atoms with Crippen LogP contribution in [0.5, 0.6) is 0 Å². The molecule has 0 unspecified atom stereocenters. The number of hydrogen-bond donors (Lipinski definition) is 2. The first-order chi connectivity index (χ1) is 13.1. The molecule has 0 atom stereocenters. The van der Waals surface area contributed by atoms with Gasteiger partial charge in [0, 0.05) is 22.7 Å².